The molecule has 2 heterocycles. The van der Waals surface area contributed by atoms with Crippen LogP contribution in [0.25, 0.3) is 0 Å². The molecule has 1 aliphatic heterocycles. The van der Waals surface area contributed by atoms with Gasteiger partial charge in [0.2, 0.25) is 0 Å². The number of hydrogen-bond acceptors (Lipinski definition) is 4. The molecule has 1 N–H and O–H groups in total. The van der Waals surface area contributed by atoms with Gasteiger partial charge in [0, 0.05) is 11.3 Å². The van der Waals surface area contributed by atoms with Gasteiger partial charge in [0.05, 0.1) is 5.69 Å². The third kappa shape index (κ3) is 1.65. The van der Waals surface area contributed by atoms with Gasteiger partial charge < -0.3 is 5.11 Å². The number of nitrogens with zero attached hydrogens (tertiary/aromatic N) is 1. The summed E-state index contributed by atoms with van der Waals surface area (Å²) in [7, 11) is 0. The monoisotopic (exact) mass is 201 g/mol. The zero-order valence-corrected chi connectivity index (χ0v) is 8.27. The molecular formula is C8H11NOS2. The molecule has 2 unspecified atom stereocenters. The highest BCUT2D eigenvalue weighted by atomic mass is 32.2. The van der Waals surface area contributed by atoms with Gasteiger partial charge in [0.25, 0.3) is 0 Å². The fourth-order valence-corrected chi connectivity index (χ4v) is 3.26. The van der Waals surface area contributed by atoms with Crippen molar-refractivity contribution in [2.24, 2.45) is 5.92 Å². The molecule has 2 nitrogen and oxygen atoms in total. The molecule has 0 saturated carbocycles. The molecule has 4 heteroatoms. The molecule has 0 aliphatic carbocycles. The van der Waals surface area contributed by atoms with E-state index in [2.05, 4.69) is 4.37 Å². The average Bonchev–Trinajstić information content (AvgIpc) is 2.77. The van der Waals surface area contributed by atoms with Crippen LogP contribution in [0.2, 0.25) is 0 Å². The predicted molar refractivity (Wildman–Crippen MR) is 52.5 cm³/mol. The first kappa shape index (κ1) is 8.53. The molecule has 0 amide bonds. The van der Waals surface area contributed by atoms with E-state index in [4.69, 9.17) is 0 Å². The average molecular weight is 201 g/mol. The van der Waals surface area contributed by atoms with Gasteiger partial charge in [-0.3, -0.25) is 0 Å². The first-order chi connectivity index (χ1) is 5.88. The molecule has 0 aromatic carbocycles. The summed E-state index contributed by atoms with van der Waals surface area (Å²) in [6.45, 7) is 0. The second-order valence-corrected chi connectivity index (χ2v) is 4.81. The van der Waals surface area contributed by atoms with Crippen molar-refractivity contribution < 1.29 is 5.11 Å². The van der Waals surface area contributed by atoms with Crippen LogP contribution in [0, 0.1) is 5.92 Å². The highest BCUT2D eigenvalue weighted by Crippen LogP contribution is 2.33. The van der Waals surface area contributed by atoms with Gasteiger partial charge in [-0.25, -0.2) is 0 Å². The number of aliphatic hydroxyl groups excluding tert-OH is 1. The van der Waals surface area contributed by atoms with Crippen molar-refractivity contribution in [3.8, 4) is 0 Å². The SMILES string of the molecule is OC(c1ccsn1)C1CCSC1. The Morgan fingerprint density at radius 2 is 2.58 bits per heavy atom. The van der Waals surface area contributed by atoms with Crippen LogP contribution in [0.4, 0.5) is 0 Å². The quantitative estimate of drug-likeness (QED) is 0.793. The highest BCUT2D eigenvalue weighted by molar-refractivity contribution is 7.99. The van der Waals surface area contributed by atoms with Gasteiger partial charge in [0.1, 0.15) is 6.10 Å². The lowest BCUT2D eigenvalue weighted by Crippen LogP contribution is -2.11. The van der Waals surface area contributed by atoms with Crippen molar-refractivity contribution in [1.82, 2.24) is 4.37 Å². The molecule has 1 aromatic rings. The van der Waals surface area contributed by atoms with Crippen LogP contribution in [0.5, 0.6) is 0 Å². The van der Waals surface area contributed by atoms with Crippen molar-refractivity contribution in [1.29, 1.82) is 0 Å². The molecule has 2 atom stereocenters. The van der Waals surface area contributed by atoms with E-state index in [1.165, 1.54) is 17.3 Å². The lowest BCUT2D eigenvalue weighted by atomic mass is 10.00. The minimum atomic E-state index is -0.328. The van der Waals surface area contributed by atoms with E-state index < -0.39 is 0 Å². The summed E-state index contributed by atoms with van der Waals surface area (Å²) in [6.07, 6.45) is 0.801. The molecule has 0 spiro atoms. The van der Waals surface area contributed by atoms with Crippen LogP contribution in [0.1, 0.15) is 18.2 Å². The Bertz CT molecular complexity index is 231. The van der Waals surface area contributed by atoms with E-state index in [1.807, 2.05) is 23.2 Å². The first-order valence-electron chi connectivity index (χ1n) is 4.04. The number of hydrogen-bond donors (Lipinski definition) is 1. The number of aliphatic hydroxyl groups is 1. The third-order valence-electron chi connectivity index (χ3n) is 2.17. The van der Waals surface area contributed by atoms with Gasteiger partial charge in [-0.2, -0.15) is 16.1 Å². The van der Waals surface area contributed by atoms with Crippen molar-refractivity contribution in [2.45, 2.75) is 12.5 Å². The van der Waals surface area contributed by atoms with E-state index in [0.29, 0.717) is 5.92 Å². The fourth-order valence-electron chi connectivity index (χ4n) is 1.42. The fraction of sp³-hybridized carbons (Fsp3) is 0.625. The Kier molecular flexibility index (Phi) is 2.68. The Labute approximate surface area is 80.2 Å². The summed E-state index contributed by atoms with van der Waals surface area (Å²) in [6, 6.07) is 1.92. The summed E-state index contributed by atoms with van der Waals surface area (Å²) >= 11 is 3.33. The maximum absolute atomic E-state index is 9.84. The van der Waals surface area contributed by atoms with Crippen LogP contribution < -0.4 is 0 Å². The molecule has 1 saturated heterocycles. The van der Waals surface area contributed by atoms with E-state index in [0.717, 1.165) is 17.9 Å². The largest absolute Gasteiger partial charge is 0.386 e. The van der Waals surface area contributed by atoms with Crippen LogP contribution in [0.15, 0.2) is 11.4 Å². The van der Waals surface area contributed by atoms with E-state index >= 15 is 0 Å². The number of rotatable bonds is 2. The molecule has 66 valence electrons. The first-order valence-corrected chi connectivity index (χ1v) is 6.03. The van der Waals surface area contributed by atoms with Crippen molar-refractivity contribution in [3.63, 3.8) is 0 Å². The lowest BCUT2D eigenvalue weighted by Gasteiger charge is -2.13. The highest BCUT2D eigenvalue weighted by Gasteiger charge is 2.25. The van der Waals surface area contributed by atoms with Crippen molar-refractivity contribution >= 4 is 23.3 Å². The standard InChI is InChI=1S/C8H11NOS2/c10-8(6-1-3-11-5-6)7-2-4-12-9-7/h2,4,6,8,10H,1,3,5H2. The Morgan fingerprint density at radius 3 is 3.17 bits per heavy atom. The van der Waals surface area contributed by atoms with Crippen molar-refractivity contribution in [2.75, 3.05) is 11.5 Å². The zero-order chi connectivity index (χ0) is 8.39. The number of thioether (sulfide) groups is 1. The van der Waals surface area contributed by atoms with Gasteiger partial charge in [0.15, 0.2) is 0 Å². The molecule has 1 fully saturated rings. The predicted octanol–water partition coefficient (Wildman–Crippen LogP) is 1.93. The third-order valence-corrected chi connectivity index (χ3v) is 3.93. The van der Waals surface area contributed by atoms with Crippen LogP contribution >= 0.6 is 23.3 Å². The summed E-state index contributed by atoms with van der Waals surface area (Å²) in [4.78, 5) is 0. The minimum absolute atomic E-state index is 0.328. The van der Waals surface area contributed by atoms with Crippen molar-refractivity contribution in [3.05, 3.63) is 17.1 Å². The Balaban J connectivity index is 2.04. The zero-order valence-electron chi connectivity index (χ0n) is 6.64. The molecular weight excluding hydrogens is 190 g/mol. The van der Waals surface area contributed by atoms with E-state index in [9.17, 15) is 5.11 Å². The minimum Gasteiger partial charge on any atom is -0.386 e. The molecule has 1 aliphatic rings. The molecule has 2 rings (SSSR count). The maximum Gasteiger partial charge on any atom is 0.101 e. The number of aromatic nitrogens is 1. The van der Waals surface area contributed by atoms with E-state index in [-0.39, 0.29) is 6.10 Å². The second-order valence-electron chi connectivity index (χ2n) is 2.99. The Morgan fingerprint density at radius 1 is 1.67 bits per heavy atom. The van der Waals surface area contributed by atoms with Crippen LogP contribution in [-0.2, 0) is 0 Å². The van der Waals surface area contributed by atoms with Gasteiger partial charge in [-0.05, 0) is 35.5 Å². The van der Waals surface area contributed by atoms with E-state index in [1.54, 1.807) is 0 Å². The summed E-state index contributed by atoms with van der Waals surface area (Å²) in [5.41, 5.74) is 0.854. The topological polar surface area (TPSA) is 33.1 Å². The molecule has 1 aromatic heterocycles. The normalized spacial score (nSPS) is 25.9. The second kappa shape index (κ2) is 3.77. The Hall–Kier alpha value is -0.0600. The summed E-state index contributed by atoms with van der Waals surface area (Å²) in [5, 5.41) is 11.8. The molecule has 12 heavy (non-hydrogen) atoms. The van der Waals surface area contributed by atoms with Gasteiger partial charge >= 0.3 is 0 Å². The smallest absolute Gasteiger partial charge is 0.101 e. The molecule has 0 radical (unpaired) electrons. The summed E-state index contributed by atoms with van der Waals surface area (Å²) < 4.78 is 4.14. The maximum atomic E-state index is 9.84. The van der Waals surface area contributed by atoms with Crippen LogP contribution in [-0.4, -0.2) is 21.0 Å². The van der Waals surface area contributed by atoms with Crippen LogP contribution in [0.3, 0.4) is 0 Å². The molecule has 0 bridgehead atoms. The lowest BCUT2D eigenvalue weighted by molar-refractivity contribution is 0.118. The summed E-state index contributed by atoms with van der Waals surface area (Å²) in [5.74, 6) is 2.70. The van der Waals surface area contributed by atoms with Gasteiger partial charge in [-0.1, -0.05) is 0 Å². The van der Waals surface area contributed by atoms with Gasteiger partial charge in [-0.15, -0.1) is 0 Å².